The van der Waals surface area contributed by atoms with Gasteiger partial charge in [0, 0.05) is 11.6 Å². The van der Waals surface area contributed by atoms with Crippen LogP contribution in [-0.2, 0) is 4.79 Å². The van der Waals surface area contributed by atoms with Crippen LogP contribution in [0.15, 0.2) is 54.6 Å². The van der Waals surface area contributed by atoms with Crippen molar-refractivity contribution in [3.8, 4) is 5.75 Å². The van der Waals surface area contributed by atoms with Gasteiger partial charge in [-0.05, 0) is 49.7 Å². The normalized spacial score (nSPS) is 15.7. The number of amides is 1. The number of para-hydroxylation sites is 1. The Morgan fingerprint density at radius 1 is 1.08 bits per heavy atom. The van der Waals surface area contributed by atoms with E-state index in [-0.39, 0.29) is 18.6 Å². The summed E-state index contributed by atoms with van der Waals surface area (Å²) in [6, 6.07) is 17.3. The van der Waals surface area contributed by atoms with Gasteiger partial charge < -0.3 is 10.1 Å². The monoisotopic (exact) mass is 358 g/mol. The number of nitrogens with zero attached hydrogens (tertiary/aromatic N) is 1. The molecule has 4 nitrogen and oxygen atoms in total. The molecule has 0 spiro atoms. The summed E-state index contributed by atoms with van der Waals surface area (Å²) in [7, 11) is 0. The van der Waals surface area contributed by atoms with Crippen LogP contribution >= 0.6 is 11.6 Å². The highest BCUT2D eigenvalue weighted by Crippen LogP contribution is 2.29. The van der Waals surface area contributed by atoms with Crippen molar-refractivity contribution in [1.82, 2.24) is 10.2 Å². The van der Waals surface area contributed by atoms with Crippen molar-refractivity contribution in [1.29, 1.82) is 0 Å². The Balaban J connectivity index is 1.59. The van der Waals surface area contributed by atoms with Gasteiger partial charge in [0.15, 0.2) is 6.61 Å². The maximum Gasteiger partial charge on any atom is 0.258 e. The average molecular weight is 359 g/mol. The third-order valence-corrected chi connectivity index (χ3v) is 4.80. The largest absolute Gasteiger partial charge is 0.484 e. The minimum absolute atomic E-state index is 0.0131. The van der Waals surface area contributed by atoms with Crippen LogP contribution in [0.3, 0.4) is 0 Å². The van der Waals surface area contributed by atoms with Gasteiger partial charge in [0.2, 0.25) is 0 Å². The summed E-state index contributed by atoms with van der Waals surface area (Å²) >= 11 is 6.39. The molecule has 1 aliphatic heterocycles. The molecule has 0 bridgehead atoms. The Hall–Kier alpha value is -2.04. The number of carbonyl (C=O) groups is 1. The summed E-state index contributed by atoms with van der Waals surface area (Å²) in [5, 5.41) is 3.74. The summed E-state index contributed by atoms with van der Waals surface area (Å²) in [6.45, 7) is 2.61. The van der Waals surface area contributed by atoms with Gasteiger partial charge in [-0.15, -0.1) is 0 Å². The molecule has 1 fully saturated rings. The minimum atomic E-state index is -0.125. The summed E-state index contributed by atoms with van der Waals surface area (Å²) < 4.78 is 5.50. The molecule has 132 valence electrons. The number of benzene rings is 2. The van der Waals surface area contributed by atoms with Crippen LogP contribution in [0, 0.1) is 0 Å². The van der Waals surface area contributed by atoms with Gasteiger partial charge in [0.1, 0.15) is 5.75 Å². The lowest BCUT2D eigenvalue weighted by Gasteiger charge is -2.29. The number of ether oxygens (including phenoxy) is 1. The van der Waals surface area contributed by atoms with Gasteiger partial charge in [0.05, 0.1) is 6.04 Å². The highest BCUT2D eigenvalue weighted by Gasteiger charge is 2.25. The van der Waals surface area contributed by atoms with Crippen LogP contribution < -0.4 is 10.1 Å². The van der Waals surface area contributed by atoms with Crippen molar-refractivity contribution >= 4 is 17.5 Å². The van der Waals surface area contributed by atoms with E-state index in [4.69, 9.17) is 16.3 Å². The molecule has 1 aliphatic rings. The molecule has 0 radical (unpaired) electrons. The zero-order valence-corrected chi connectivity index (χ0v) is 14.9. The van der Waals surface area contributed by atoms with Crippen molar-refractivity contribution in [2.45, 2.75) is 18.9 Å². The summed E-state index contributed by atoms with van der Waals surface area (Å²) in [6.07, 6.45) is 2.37. The molecule has 1 atom stereocenters. The maximum absolute atomic E-state index is 12.2. The molecule has 1 heterocycles. The Morgan fingerprint density at radius 2 is 1.76 bits per heavy atom. The molecule has 3 rings (SSSR count). The van der Waals surface area contributed by atoms with E-state index >= 15 is 0 Å². The first kappa shape index (κ1) is 17.8. The highest BCUT2D eigenvalue weighted by atomic mass is 35.5. The number of halogens is 1. The summed E-state index contributed by atoms with van der Waals surface area (Å²) in [5.74, 6) is 0.569. The molecule has 1 amide bonds. The molecule has 0 saturated carbocycles. The molecule has 25 heavy (non-hydrogen) atoms. The predicted molar refractivity (Wildman–Crippen MR) is 99.9 cm³/mol. The van der Waals surface area contributed by atoms with Gasteiger partial charge in [-0.25, -0.2) is 0 Å². The van der Waals surface area contributed by atoms with Gasteiger partial charge >= 0.3 is 0 Å². The fourth-order valence-corrected chi connectivity index (χ4v) is 3.42. The van der Waals surface area contributed by atoms with E-state index in [0.29, 0.717) is 12.3 Å². The van der Waals surface area contributed by atoms with E-state index in [1.807, 2.05) is 54.6 Å². The van der Waals surface area contributed by atoms with E-state index in [0.717, 1.165) is 23.7 Å². The molecule has 0 aromatic heterocycles. The molecular weight excluding hydrogens is 336 g/mol. The van der Waals surface area contributed by atoms with Crippen LogP contribution in [0.5, 0.6) is 5.75 Å². The van der Waals surface area contributed by atoms with E-state index in [1.54, 1.807) is 0 Å². The molecule has 5 heteroatoms. The molecule has 1 unspecified atom stereocenters. The van der Waals surface area contributed by atoms with Crippen molar-refractivity contribution in [2.24, 2.45) is 0 Å². The second kappa shape index (κ2) is 8.88. The third-order valence-electron chi connectivity index (χ3n) is 4.45. The van der Waals surface area contributed by atoms with Gasteiger partial charge in [-0.3, -0.25) is 9.69 Å². The van der Waals surface area contributed by atoms with E-state index in [2.05, 4.69) is 10.2 Å². The highest BCUT2D eigenvalue weighted by molar-refractivity contribution is 6.31. The lowest BCUT2D eigenvalue weighted by atomic mass is 10.1. The molecule has 0 aliphatic carbocycles. The van der Waals surface area contributed by atoms with Crippen molar-refractivity contribution in [2.75, 3.05) is 26.2 Å². The maximum atomic E-state index is 12.2. The molecule has 1 saturated heterocycles. The predicted octanol–water partition coefficient (Wildman–Crippen LogP) is 3.67. The van der Waals surface area contributed by atoms with Crippen LogP contribution in [0.2, 0.25) is 5.02 Å². The standard InChI is InChI=1S/C20H23ClN2O2/c21-18-11-5-4-10-17(18)19(23-12-6-7-13-23)14-22-20(24)15-25-16-8-2-1-3-9-16/h1-5,8-11,19H,6-7,12-15H2,(H,22,24). The van der Waals surface area contributed by atoms with E-state index < -0.39 is 0 Å². The second-order valence-electron chi connectivity index (χ2n) is 6.19. The first-order valence-electron chi connectivity index (χ1n) is 8.67. The van der Waals surface area contributed by atoms with Crippen molar-refractivity contribution in [3.05, 3.63) is 65.2 Å². The van der Waals surface area contributed by atoms with Crippen molar-refractivity contribution in [3.63, 3.8) is 0 Å². The summed E-state index contributed by atoms with van der Waals surface area (Å²) in [5.41, 5.74) is 1.07. The van der Waals surface area contributed by atoms with Crippen LogP contribution in [0.4, 0.5) is 0 Å². The second-order valence-corrected chi connectivity index (χ2v) is 6.59. The van der Waals surface area contributed by atoms with E-state index in [9.17, 15) is 4.79 Å². The number of carbonyl (C=O) groups excluding carboxylic acids is 1. The average Bonchev–Trinajstić information content (AvgIpc) is 3.17. The molecule has 2 aromatic rings. The Bertz CT molecular complexity index is 687. The first-order valence-corrected chi connectivity index (χ1v) is 9.05. The summed E-state index contributed by atoms with van der Waals surface area (Å²) in [4.78, 5) is 14.6. The number of rotatable bonds is 7. The zero-order valence-electron chi connectivity index (χ0n) is 14.2. The zero-order chi connectivity index (χ0) is 17.5. The SMILES string of the molecule is O=C(COc1ccccc1)NCC(c1ccccc1Cl)N1CCCC1. The minimum Gasteiger partial charge on any atom is -0.484 e. The number of hydrogen-bond donors (Lipinski definition) is 1. The quantitative estimate of drug-likeness (QED) is 0.821. The van der Waals surface area contributed by atoms with Gasteiger partial charge in [-0.1, -0.05) is 48.0 Å². The van der Waals surface area contributed by atoms with Crippen LogP contribution in [-0.4, -0.2) is 37.0 Å². The lowest BCUT2D eigenvalue weighted by Crippen LogP contribution is -2.38. The van der Waals surface area contributed by atoms with Crippen LogP contribution in [0.1, 0.15) is 24.4 Å². The topological polar surface area (TPSA) is 41.6 Å². The number of nitrogens with one attached hydrogen (secondary N) is 1. The molecule has 1 N–H and O–H groups in total. The Kier molecular flexibility index (Phi) is 6.31. The smallest absolute Gasteiger partial charge is 0.258 e. The van der Waals surface area contributed by atoms with Crippen molar-refractivity contribution < 1.29 is 9.53 Å². The molecule has 2 aromatic carbocycles. The van der Waals surface area contributed by atoms with Crippen LogP contribution in [0.25, 0.3) is 0 Å². The lowest BCUT2D eigenvalue weighted by molar-refractivity contribution is -0.123. The van der Waals surface area contributed by atoms with E-state index in [1.165, 1.54) is 12.8 Å². The number of likely N-dealkylation sites (tertiary alicyclic amines) is 1. The Labute approximate surface area is 153 Å². The van der Waals surface area contributed by atoms with Gasteiger partial charge in [0.25, 0.3) is 5.91 Å². The molecular formula is C20H23ClN2O2. The van der Waals surface area contributed by atoms with Gasteiger partial charge in [-0.2, -0.15) is 0 Å². The number of hydrogen-bond acceptors (Lipinski definition) is 3. The fraction of sp³-hybridized carbons (Fsp3) is 0.350. The Morgan fingerprint density at radius 3 is 2.48 bits per heavy atom. The third kappa shape index (κ3) is 4.97. The fourth-order valence-electron chi connectivity index (χ4n) is 3.16. The first-order chi connectivity index (χ1) is 12.2.